The van der Waals surface area contributed by atoms with Gasteiger partial charge >= 0.3 is 0 Å². The molecule has 1 N–H and O–H groups in total. The lowest BCUT2D eigenvalue weighted by Gasteiger charge is -2.20. The second kappa shape index (κ2) is 4.21. The normalized spacial score (nSPS) is 33.4. The van der Waals surface area contributed by atoms with Crippen LogP contribution in [0.5, 0.6) is 0 Å². The molecule has 86 valence electrons. The van der Waals surface area contributed by atoms with Crippen molar-refractivity contribution in [2.75, 3.05) is 6.54 Å². The lowest BCUT2D eigenvalue weighted by Crippen LogP contribution is -2.24. The lowest BCUT2D eigenvalue weighted by atomic mass is 9.97. The third kappa shape index (κ3) is 1.67. The molecule has 0 heterocycles. The minimum Gasteiger partial charge on any atom is -0.310 e. The first-order chi connectivity index (χ1) is 7.92. The minimum atomic E-state index is 0.612. The van der Waals surface area contributed by atoms with Gasteiger partial charge in [0.2, 0.25) is 0 Å². The minimum absolute atomic E-state index is 0.612. The molecule has 1 heteroatoms. The summed E-state index contributed by atoms with van der Waals surface area (Å²) in [5.41, 5.74) is 1.49. The van der Waals surface area contributed by atoms with Gasteiger partial charge in [0, 0.05) is 6.04 Å². The van der Waals surface area contributed by atoms with Crippen LogP contribution in [0.15, 0.2) is 30.3 Å². The molecule has 0 amide bonds. The third-order valence-corrected chi connectivity index (χ3v) is 4.44. The second-order valence-electron chi connectivity index (χ2n) is 5.28. The lowest BCUT2D eigenvalue weighted by molar-refractivity contribution is 0.426. The molecule has 1 aromatic rings. The SMILES string of the molecule is CCNC(c1ccccc1)C1C2CCCC21. The number of nitrogens with one attached hydrogen (secondary N) is 1. The van der Waals surface area contributed by atoms with Crippen molar-refractivity contribution in [2.24, 2.45) is 17.8 Å². The first kappa shape index (κ1) is 10.3. The molecule has 0 aliphatic heterocycles. The van der Waals surface area contributed by atoms with E-state index in [0.29, 0.717) is 6.04 Å². The van der Waals surface area contributed by atoms with E-state index < -0.39 is 0 Å². The number of benzene rings is 1. The summed E-state index contributed by atoms with van der Waals surface area (Å²) < 4.78 is 0. The van der Waals surface area contributed by atoms with Crippen LogP contribution >= 0.6 is 0 Å². The van der Waals surface area contributed by atoms with E-state index in [1.54, 1.807) is 0 Å². The molecule has 2 saturated carbocycles. The Morgan fingerprint density at radius 1 is 1.19 bits per heavy atom. The first-order valence-electron chi connectivity index (χ1n) is 6.70. The summed E-state index contributed by atoms with van der Waals surface area (Å²) >= 11 is 0. The van der Waals surface area contributed by atoms with Gasteiger partial charge in [-0.15, -0.1) is 0 Å². The van der Waals surface area contributed by atoms with Crippen molar-refractivity contribution in [3.63, 3.8) is 0 Å². The predicted molar refractivity (Wildman–Crippen MR) is 67.2 cm³/mol. The Kier molecular flexibility index (Phi) is 2.72. The van der Waals surface area contributed by atoms with Gasteiger partial charge in [0.05, 0.1) is 0 Å². The molecule has 2 fully saturated rings. The van der Waals surface area contributed by atoms with Crippen LogP contribution in [0.1, 0.15) is 37.8 Å². The molecule has 0 spiro atoms. The van der Waals surface area contributed by atoms with E-state index in [0.717, 1.165) is 24.3 Å². The Morgan fingerprint density at radius 3 is 2.50 bits per heavy atom. The Labute approximate surface area is 98.3 Å². The Hall–Kier alpha value is -0.820. The van der Waals surface area contributed by atoms with Crippen molar-refractivity contribution in [3.05, 3.63) is 35.9 Å². The fourth-order valence-electron chi connectivity index (χ4n) is 3.73. The van der Waals surface area contributed by atoms with Crippen LogP contribution < -0.4 is 5.32 Å². The largest absolute Gasteiger partial charge is 0.310 e. The average molecular weight is 215 g/mol. The van der Waals surface area contributed by atoms with E-state index >= 15 is 0 Å². The molecule has 3 unspecified atom stereocenters. The molecule has 0 aromatic heterocycles. The summed E-state index contributed by atoms with van der Waals surface area (Å²) in [6, 6.07) is 11.6. The molecule has 16 heavy (non-hydrogen) atoms. The van der Waals surface area contributed by atoms with E-state index in [9.17, 15) is 0 Å². The molecule has 3 rings (SSSR count). The number of hydrogen-bond acceptors (Lipinski definition) is 1. The molecule has 2 aliphatic rings. The van der Waals surface area contributed by atoms with Gasteiger partial charge in [0.25, 0.3) is 0 Å². The van der Waals surface area contributed by atoms with Gasteiger partial charge in [-0.2, -0.15) is 0 Å². The first-order valence-corrected chi connectivity index (χ1v) is 6.70. The van der Waals surface area contributed by atoms with Crippen molar-refractivity contribution in [3.8, 4) is 0 Å². The van der Waals surface area contributed by atoms with Crippen molar-refractivity contribution < 1.29 is 0 Å². The van der Waals surface area contributed by atoms with Crippen LogP contribution in [0.25, 0.3) is 0 Å². The summed E-state index contributed by atoms with van der Waals surface area (Å²) in [7, 11) is 0. The molecular weight excluding hydrogens is 194 g/mol. The van der Waals surface area contributed by atoms with Crippen LogP contribution in [0.4, 0.5) is 0 Å². The summed E-state index contributed by atoms with van der Waals surface area (Å²) in [6.45, 7) is 3.30. The highest BCUT2D eigenvalue weighted by molar-refractivity contribution is 5.23. The molecule has 0 saturated heterocycles. The zero-order chi connectivity index (χ0) is 11.0. The van der Waals surface area contributed by atoms with E-state index in [1.807, 2.05) is 0 Å². The van der Waals surface area contributed by atoms with Crippen molar-refractivity contribution in [1.82, 2.24) is 5.32 Å². The molecule has 0 radical (unpaired) electrons. The molecule has 1 aromatic carbocycles. The van der Waals surface area contributed by atoms with Gasteiger partial charge in [0.1, 0.15) is 0 Å². The van der Waals surface area contributed by atoms with E-state index in [1.165, 1.54) is 24.8 Å². The van der Waals surface area contributed by atoms with Gasteiger partial charge in [0.15, 0.2) is 0 Å². The van der Waals surface area contributed by atoms with E-state index in [2.05, 4.69) is 42.6 Å². The van der Waals surface area contributed by atoms with Crippen LogP contribution in [-0.4, -0.2) is 6.54 Å². The fraction of sp³-hybridized carbons (Fsp3) is 0.600. The maximum absolute atomic E-state index is 3.69. The second-order valence-corrected chi connectivity index (χ2v) is 5.28. The van der Waals surface area contributed by atoms with Crippen LogP contribution in [0.2, 0.25) is 0 Å². The number of fused-ring (bicyclic) bond motifs is 1. The maximum atomic E-state index is 3.69. The summed E-state index contributed by atoms with van der Waals surface area (Å²) in [5.74, 6) is 2.99. The zero-order valence-corrected chi connectivity index (χ0v) is 10.0. The molecule has 3 atom stereocenters. The van der Waals surface area contributed by atoms with E-state index in [-0.39, 0.29) is 0 Å². The quantitative estimate of drug-likeness (QED) is 0.812. The van der Waals surface area contributed by atoms with Crippen LogP contribution in [-0.2, 0) is 0 Å². The smallest absolute Gasteiger partial charge is 0.0354 e. The highest BCUT2D eigenvalue weighted by atomic mass is 14.9. The number of rotatable bonds is 4. The molecule has 0 bridgehead atoms. The Morgan fingerprint density at radius 2 is 1.88 bits per heavy atom. The topological polar surface area (TPSA) is 12.0 Å². The van der Waals surface area contributed by atoms with E-state index in [4.69, 9.17) is 0 Å². The monoisotopic (exact) mass is 215 g/mol. The third-order valence-electron chi connectivity index (χ3n) is 4.44. The molecule has 2 aliphatic carbocycles. The maximum Gasteiger partial charge on any atom is 0.0354 e. The van der Waals surface area contributed by atoms with Gasteiger partial charge in [-0.1, -0.05) is 43.7 Å². The van der Waals surface area contributed by atoms with Crippen molar-refractivity contribution in [1.29, 1.82) is 0 Å². The summed E-state index contributed by atoms with van der Waals surface area (Å²) in [4.78, 5) is 0. The van der Waals surface area contributed by atoms with Crippen LogP contribution in [0, 0.1) is 17.8 Å². The molecule has 1 nitrogen and oxygen atoms in total. The fourth-order valence-corrected chi connectivity index (χ4v) is 3.73. The van der Waals surface area contributed by atoms with Gasteiger partial charge in [-0.25, -0.2) is 0 Å². The molecular formula is C15H21N. The van der Waals surface area contributed by atoms with Gasteiger partial charge in [-0.05, 0) is 42.7 Å². The Bertz CT molecular complexity index is 336. The highest BCUT2D eigenvalue weighted by Crippen LogP contribution is 2.62. The van der Waals surface area contributed by atoms with Gasteiger partial charge < -0.3 is 5.32 Å². The average Bonchev–Trinajstić information content (AvgIpc) is 2.80. The van der Waals surface area contributed by atoms with Gasteiger partial charge in [-0.3, -0.25) is 0 Å². The summed E-state index contributed by atoms with van der Waals surface area (Å²) in [6.07, 6.45) is 4.42. The predicted octanol–water partition coefficient (Wildman–Crippen LogP) is 3.38. The number of hydrogen-bond donors (Lipinski definition) is 1. The summed E-state index contributed by atoms with van der Waals surface area (Å²) in [5, 5.41) is 3.69. The highest BCUT2D eigenvalue weighted by Gasteiger charge is 2.55. The van der Waals surface area contributed by atoms with Crippen molar-refractivity contribution >= 4 is 0 Å². The Balaban J connectivity index is 1.77. The standard InChI is InChI=1S/C15H21N/c1-2-16-15(11-7-4-3-5-8-11)14-12-9-6-10-13(12)14/h3-5,7-8,12-16H,2,6,9-10H2,1H3. The zero-order valence-electron chi connectivity index (χ0n) is 10.0. The van der Waals surface area contributed by atoms with Crippen molar-refractivity contribution in [2.45, 2.75) is 32.2 Å². The van der Waals surface area contributed by atoms with Crippen LogP contribution in [0.3, 0.4) is 0 Å².